The van der Waals surface area contributed by atoms with Crippen molar-refractivity contribution in [2.75, 3.05) is 0 Å². The average molecular weight is 770 g/mol. The van der Waals surface area contributed by atoms with Gasteiger partial charge in [0, 0.05) is 32.7 Å². The number of furan rings is 2. The molecule has 2 aromatic heterocycles. The molecule has 1 aliphatic rings. The summed E-state index contributed by atoms with van der Waals surface area (Å²) in [6, 6.07) is 69.9. The Morgan fingerprint density at radius 1 is 0.417 bits per heavy atom. The van der Waals surface area contributed by atoms with Crippen molar-refractivity contribution in [1.82, 2.24) is 5.32 Å². The first-order chi connectivity index (χ1) is 29.7. The van der Waals surface area contributed by atoms with Crippen molar-refractivity contribution >= 4 is 66.3 Å². The van der Waals surface area contributed by atoms with Gasteiger partial charge in [-0.2, -0.15) is 0 Å². The van der Waals surface area contributed by atoms with Gasteiger partial charge in [-0.3, -0.25) is 0 Å². The second kappa shape index (κ2) is 13.8. The first kappa shape index (κ1) is 34.1. The van der Waals surface area contributed by atoms with Crippen molar-refractivity contribution in [1.29, 1.82) is 0 Å². The lowest BCUT2D eigenvalue weighted by molar-refractivity contribution is 0.660. The maximum absolute atomic E-state index is 6.52. The quantitative estimate of drug-likeness (QED) is 0.183. The third kappa shape index (κ3) is 5.70. The van der Waals surface area contributed by atoms with Crippen molar-refractivity contribution in [2.45, 2.75) is 6.17 Å². The Hall–Kier alpha value is -8.02. The summed E-state index contributed by atoms with van der Waals surface area (Å²) < 4.78 is 12.9. The molecule has 9 aromatic carbocycles. The van der Waals surface area contributed by atoms with Crippen LogP contribution in [0.5, 0.6) is 0 Å². The van der Waals surface area contributed by atoms with Gasteiger partial charge in [0.2, 0.25) is 0 Å². The summed E-state index contributed by atoms with van der Waals surface area (Å²) in [4.78, 5) is 10.5. The molecule has 12 rings (SSSR count). The van der Waals surface area contributed by atoms with Crippen LogP contribution in [0, 0.1) is 0 Å². The van der Waals surface area contributed by atoms with E-state index in [1.807, 2.05) is 36.4 Å². The fourth-order valence-electron chi connectivity index (χ4n) is 8.85. The molecule has 3 heterocycles. The lowest BCUT2D eigenvalue weighted by Gasteiger charge is -2.24. The number of benzene rings is 9. The number of hydrogen-bond donors (Lipinski definition) is 1. The fourth-order valence-corrected chi connectivity index (χ4v) is 8.85. The number of amidine groups is 2. The number of aliphatic imine (C=N–C) groups is 2. The van der Waals surface area contributed by atoms with Crippen LogP contribution in [0.25, 0.3) is 88.0 Å². The van der Waals surface area contributed by atoms with E-state index in [4.69, 9.17) is 18.8 Å². The standard InChI is InChI=1S/C55H35N3O2/c1-3-13-34(14-4-1)36-17-11-18-40(32-36)53-56-54(58-55(57-53)46-22-12-21-44-43-19-7-9-23-47(43)60-52(44)46)41-28-26-37-31-39(27-25-38(37)33-41)50-42(35-15-5-2-6-16-35)29-30-49-51(50)45-20-8-10-24-48(45)59-49/h1-33,54H,(H,56,57,58). The van der Waals surface area contributed by atoms with Crippen LogP contribution in [0.1, 0.15) is 22.9 Å². The van der Waals surface area contributed by atoms with E-state index in [1.54, 1.807) is 0 Å². The van der Waals surface area contributed by atoms with Gasteiger partial charge in [-0.05, 0) is 86.6 Å². The summed E-state index contributed by atoms with van der Waals surface area (Å²) in [7, 11) is 0. The largest absolute Gasteiger partial charge is 0.456 e. The van der Waals surface area contributed by atoms with E-state index in [-0.39, 0.29) is 0 Å². The van der Waals surface area contributed by atoms with Gasteiger partial charge in [0.15, 0.2) is 5.84 Å². The van der Waals surface area contributed by atoms with Gasteiger partial charge in [0.25, 0.3) is 0 Å². The van der Waals surface area contributed by atoms with Crippen molar-refractivity contribution in [3.8, 4) is 33.4 Å². The molecule has 5 heteroatoms. The smallest absolute Gasteiger partial charge is 0.159 e. The molecule has 0 radical (unpaired) electrons. The molecule has 1 N–H and O–H groups in total. The Balaban J connectivity index is 0.987. The van der Waals surface area contributed by atoms with Crippen LogP contribution in [0.2, 0.25) is 0 Å². The number of rotatable bonds is 6. The third-order valence-electron chi connectivity index (χ3n) is 11.7. The Morgan fingerprint density at radius 2 is 1.08 bits per heavy atom. The van der Waals surface area contributed by atoms with Gasteiger partial charge in [-0.1, -0.05) is 158 Å². The maximum Gasteiger partial charge on any atom is 0.159 e. The zero-order valence-corrected chi connectivity index (χ0v) is 32.3. The molecule has 0 amide bonds. The van der Waals surface area contributed by atoms with Crippen LogP contribution in [-0.2, 0) is 0 Å². The predicted molar refractivity (Wildman–Crippen MR) is 247 cm³/mol. The topological polar surface area (TPSA) is 63.0 Å². The van der Waals surface area contributed by atoms with Crippen LogP contribution in [0.15, 0.2) is 219 Å². The molecule has 0 saturated heterocycles. The number of fused-ring (bicyclic) bond motifs is 7. The summed E-state index contributed by atoms with van der Waals surface area (Å²) in [6.45, 7) is 0. The monoisotopic (exact) mass is 769 g/mol. The van der Waals surface area contributed by atoms with E-state index >= 15 is 0 Å². The first-order valence-corrected chi connectivity index (χ1v) is 20.3. The second-order valence-corrected chi connectivity index (χ2v) is 15.3. The number of para-hydroxylation sites is 3. The second-order valence-electron chi connectivity index (χ2n) is 15.3. The minimum absolute atomic E-state index is 0.410. The average Bonchev–Trinajstić information content (AvgIpc) is 3.90. The highest BCUT2D eigenvalue weighted by atomic mass is 16.3. The zero-order valence-electron chi connectivity index (χ0n) is 32.3. The van der Waals surface area contributed by atoms with Gasteiger partial charge in [0.05, 0.1) is 5.56 Å². The summed E-state index contributed by atoms with van der Waals surface area (Å²) in [5.74, 6) is 1.37. The van der Waals surface area contributed by atoms with Crippen LogP contribution >= 0.6 is 0 Å². The highest BCUT2D eigenvalue weighted by molar-refractivity contribution is 6.20. The predicted octanol–water partition coefficient (Wildman–Crippen LogP) is 14.1. The maximum atomic E-state index is 6.52. The van der Waals surface area contributed by atoms with Crippen LogP contribution in [0.3, 0.4) is 0 Å². The van der Waals surface area contributed by atoms with E-state index < -0.39 is 6.17 Å². The lowest BCUT2D eigenvalue weighted by Crippen LogP contribution is -2.33. The minimum Gasteiger partial charge on any atom is -0.456 e. The molecule has 60 heavy (non-hydrogen) atoms. The molecule has 0 saturated carbocycles. The van der Waals surface area contributed by atoms with Crippen molar-refractivity contribution in [3.63, 3.8) is 0 Å². The molecule has 5 nitrogen and oxygen atoms in total. The summed E-state index contributed by atoms with van der Waals surface area (Å²) in [6.07, 6.45) is -0.410. The van der Waals surface area contributed by atoms with E-state index in [9.17, 15) is 0 Å². The third-order valence-corrected chi connectivity index (χ3v) is 11.7. The number of nitrogens with zero attached hydrogens (tertiary/aromatic N) is 2. The van der Waals surface area contributed by atoms with E-state index in [0.29, 0.717) is 11.7 Å². The van der Waals surface area contributed by atoms with Crippen molar-refractivity contribution < 1.29 is 8.83 Å². The molecule has 0 fully saturated rings. The minimum atomic E-state index is -0.410. The Bertz CT molecular complexity index is 3520. The Labute approximate surface area is 345 Å². The zero-order chi connectivity index (χ0) is 39.6. The highest BCUT2D eigenvalue weighted by Gasteiger charge is 2.25. The summed E-state index contributed by atoms with van der Waals surface area (Å²) >= 11 is 0. The van der Waals surface area contributed by atoms with Gasteiger partial charge in [-0.15, -0.1) is 0 Å². The van der Waals surface area contributed by atoms with E-state index in [2.05, 4.69) is 169 Å². The fraction of sp³-hybridized carbons (Fsp3) is 0.0182. The Morgan fingerprint density at radius 3 is 1.93 bits per heavy atom. The van der Waals surface area contributed by atoms with Gasteiger partial charge < -0.3 is 14.2 Å². The van der Waals surface area contributed by atoms with E-state index in [0.717, 1.165) is 99.2 Å². The van der Waals surface area contributed by atoms with Crippen LogP contribution in [0.4, 0.5) is 0 Å². The molecule has 11 aromatic rings. The molecular formula is C55H35N3O2. The van der Waals surface area contributed by atoms with Gasteiger partial charge in [-0.25, -0.2) is 9.98 Å². The molecular weight excluding hydrogens is 735 g/mol. The summed E-state index contributed by atoms with van der Waals surface area (Å²) in [5.41, 5.74) is 13.1. The first-order valence-electron chi connectivity index (χ1n) is 20.3. The number of hydrogen-bond acceptors (Lipinski definition) is 5. The number of nitrogens with one attached hydrogen (secondary N) is 1. The Kier molecular flexibility index (Phi) is 7.85. The lowest BCUT2D eigenvalue weighted by atomic mass is 9.89. The van der Waals surface area contributed by atoms with E-state index in [1.165, 1.54) is 5.56 Å². The van der Waals surface area contributed by atoms with Gasteiger partial charge in [0.1, 0.15) is 34.3 Å². The molecule has 0 aliphatic carbocycles. The van der Waals surface area contributed by atoms with Crippen molar-refractivity contribution in [2.24, 2.45) is 9.98 Å². The van der Waals surface area contributed by atoms with Crippen LogP contribution < -0.4 is 5.32 Å². The summed E-state index contributed by atoms with van der Waals surface area (Å²) in [5, 5.41) is 10.3. The molecule has 282 valence electrons. The highest BCUT2D eigenvalue weighted by Crippen LogP contribution is 2.44. The SMILES string of the molecule is c1ccc(-c2cccc(C3=NC(c4ccc5cc(-c6c(-c7ccccc7)ccc7oc8ccccc8c67)ccc5c4)NC(c4cccc5c4oc4ccccc45)=N3)c2)cc1. The van der Waals surface area contributed by atoms with Crippen LogP contribution in [-0.4, -0.2) is 11.7 Å². The molecule has 1 atom stereocenters. The molecule has 0 bridgehead atoms. The molecule has 0 spiro atoms. The van der Waals surface area contributed by atoms with Gasteiger partial charge >= 0.3 is 0 Å². The normalized spacial score (nSPS) is 14.2. The van der Waals surface area contributed by atoms with Crippen molar-refractivity contribution in [3.05, 3.63) is 217 Å². The molecule has 1 unspecified atom stereocenters. The molecule has 1 aliphatic heterocycles.